The number of pyridine rings is 1. The highest BCUT2D eigenvalue weighted by Gasteiger charge is 2.18. The van der Waals surface area contributed by atoms with E-state index in [0.29, 0.717) is 29.5 Å². The van der Waals surface area contributed by atoms with Gasteiger partial charge in [0, 0.05) is 29.6 Å². The second-order valence-corrected chi connectivity index (χ2v) is 7.69. The molecule has 0 aliphatic heterocycles. The third kappa shape index (κ3) is 3.59. The Labute approximate surface area is 172 Å². The Kier molecular flexibility index (Phi) is 4.91. The molecule has 0 radical (unpaired) electrons. The first-order valence-corrected chi connectivity index (χ1v) is 9.66. The van der Waals surface area contributed by atoms with E-state index in [9.17, 15) is 14.9 Å². The molecule has 0 unspecified atom stereocenters. The molecule has 0 saturated carbocycles. The number of nitrogens with one attached hydrogen (secondary N) is 1. The summed E-state index contributed by atoms with van der Waals surface area (Å²) >= 11 is 0. The molecule has 0 atom stereocenters. The summed E-state index contributed by atoms with van der Waals surface area (Å²) in [5.41, 5.74) is 2.94. The molecular weight excluding hydrogens is 382 g/mol. The molecule has 8 nitrogen and oxygen atoms in total. The number of rotatable bonds is 5. The molecule has 2 aromatic heterocycles. The number of nitro groups is 1. The topological polar surface area (TPSA) is 103 Å². The molecular formula is C22H21N5O3. The minimum Gasteiger partial charge on any atom is -0.305 e. The number of carbonyl (C=O) groups excluding carboxylic acids is 1. The van der Waals surface area contributed by atoms with Gasteiger partial charge in [0.1, 0.15) is 0 Å². The summed E-state index contributed by atoms with van der Waals surface area (Å²) in [6.07, 6.45) is 0. The number of nitrogens with zero attached hydrogens (tertiary/aromatic N) is 4. The lowest BCUT2D eigenvalue weighted by Gasteiger charge is -2.06. The lowest BCUT2D eigenvalue weighted by atomic mass is 10.1. The fourth-order valence-corrected chi connectivity index (χ4v) is 3.41. The molecule has 0 spiro atoms. The number of hydrogen-bond acceptors (Lipinski definition) is 5. The van der Waals surface area contributed by atoms with Crippen LogP contribution in [-0.4, -0.2) is 25.6 Å². The summed E-state index contributed by atoms with van der Waals surface area (Å²) in [5, 5.41) is 20.0. The van der Waals surface area contributed by atoms with Gasteiger partial charge < -0.3 is 5.32 Å². The molecule has 0 aliphatic carbocycles. The first-order chi connectivity index (χ1) is 14.3. The third-order valence-electron chi connectivity index (χ3n) is 4.86. The maximum Gasteiger partial charge on any atom is 0.269 e. The molecule has 0 saturated heterocycles. The van der Waals surface area contributed by atoms with Crippen molar-refractivity contribution in [2.45, 2.75) is 27.3 Å². The minimum absolute atomic E-state index is 0.0655. The van der Waals surface area contributed by atoms with Crippen molar-refractivity contribution in [2.24, 2.45) is 5.92 Å². The van der Waals surface area contributed by atoms with Gasteiger partial charge in [0.25, 0.3) is 11.6 Å². The second-order valence-electron chi connectivity index (χ2n) is 7.69. The molecule has 4 aromatic rings. The van der Waals surface area contributed by atoms with Crippen LogP contribution >= 0.6 is 0 Å². The largest absolute Gasteiger partial charge is 0.305 e. The number of nitro benzene ring substituents is 1. The van der Waals surface area contributed by atoms with Crippen molar-refractivity contribution in [3.8, 4) is 0 Å². The highest BCUT2D eigenvalue weighted by atomic mass is 16.6. The lowest BCUT2D eigenvalue weighted by Crippen LogP contribution is -2.13. The predicted molar refractivity (Wildman–Crippen MR) is 116 cm³/mol. The first-order valence-electron chi connectivity index (χ1n) is 9.66. The van der Waals surface area contributed by atoms with Crippen LogP contribution in [-0.2, 0) is 6.54 Å². The molecule has 0 fully saturated rings. The van der Waals surface area contributed by atoms with Crippen molar-refractivity contribution in [3.63, 3.8) is 0 Å². The van der Waals surface area contributed by atoms with Crippen LogP contribution in [0.25, 0.3) is 21.9 Å². The zero-order valence-electron chi connectivity index (χ0n) is 16.9. The van der Waals surface area contributed by atoms with Gasteiger partial charge in [-0.15, -0.1) is 0 Å². The van der Waals surface area contributed by atoms with Crippen LogP contribution in [0.3, 0.4) is 0 Å². The van der Waals surface area contributed by atoms with E-state index in [1.807, 2.05) is 35.9 Å². The van der Waals surface area contributed by atoms with Gasteiger partial charge in [-0.1, -0.05) is 32.0 Å². The monoisotopic (exact) mass is 403 g/mol. The Morgan fingerprint density at radius 3 is 2.60 bits per heavy atom. The number of fused-ring (bicyclic) bond motifs is 2. The maximum absolute atomic E-state index is 12.7. The van der Waals surface area contributed by atoms with Crippen molar-refractivity contribution in [1.82, 2.24) is 14.8 Å². The summed E-state index contributed by atoms with van der Waals surface area (Å²) < 4.78 is 1.82. The third-order valence-corrected chi connectivity index (χ3v) is 4.86. The van der Waals surface area contributed by atoms with E-state index in [2.05, 4.69) is 24.3 Å². The Morgan fingerprint density at radius 2 is 1.93 bits per heavy atom. The van der Waals surface area contributed by atoms with Gasteiger partial charge >= 0.3 is 0 Å². The molecule has 152 valence electrons. The molecule has 8 heteroatoms. The fourth-order valence-electron chi connectivity index (χ4n) is 3.41. The van der Waals surface area contributed by atoms with Crippen LogP contribution in [0.15, 0.2) is 48.5 Å². The average Bonchev–Trinajstić information content (AvgIpc) is 3.02. The summed E-state index contributed by atoms with van der Waals surface area (Å²) in [6, 6.07) is 13.4. The predicted octanol–water partition coefficient (Wildman–Crippen LogP) is 4.71. The molecule has 4 rings (SSSR count). The van der Waals surface area contributed by atoms with Crippen LogP contribution in [0.5, 0.6) is 0 Å². The van der Waals surface area contributed by atoms with E-state index in [1.165, 1.54) is 24.3 Å². The number of aromatic nitrogens is 3. The van der Waals surface area contributed by atoms with Crippen LogP contribution in [0.1, 0.15) is 29.8 Å². The number of amides is 1. The first kappa shape index (κ1) is 19.5. The highest BCUT2D eigenvalue weighted by molar-refractivity contribution is 6.09. The van der Waals surface area contributed by atoms with Crippen LogP contribution < -0.4 is 5.32 Å². The SMILES string of the molecule is Cc1cccc2cc3c(NC(=O)c4ccc([N+](=O)[O-])cc4)nn(CC(C)C)c3nc12. The zero-order valence-corrected chi connectivity index (χ0v) is 16.9. The number of hydrogen-bond donors (Lipinski definition) is 1. The van der Waals surface area contributed by atoms with Gasteiger partial charge in [0.05, 0.1) is 15.8 Å². The molecule has 30 heavy (non-hydrogen) atoms. The molecule has 1 N–H and O–H groups in total. The van der Waals surface area contributed by atoms with E-state index in [0.717, 1.165) is 21.9 Å². The smallest absolute Gasteiger partial charge is 0.269 e. The molecule has 0 aliphatic rings. The number of carbonyl (C=O) groups is 1. The van der Waals surface area contributed by atoms with E-state index < -0.39 is 4.92 Å². The maximum atomic E-state index is 12.7. The number of para-hydroxylation sites is 1. The van der Waals surface area contributed by atoms with Crippen LogP contribution in [0.2, 0.25) is 0 Å². The summed E-state index contributed by atoms with van der Waals surface area (Å²) in [6.45, 7) is 6.86. The highest BCUT2D eigenvalue weighted by Crippen LogP contribution is 2.28. The van der Waals surface area contributed by atoms with E-state index >= 15 is 0 Å². The summed E-state index contributed by atoms with van der Waals surface area (Å²) in [5.74, 6) is 0.385. The van der Waals surface area contributed by atoms with Gasteiger partial charge in [0.15, 0.2) is 11.5 Å². The quantitative estimate of drug-likeness (QED) is 0.384. The number of anilines is 1. The van der Waals surface area contributed by atoms with Gasteiger partial charge in [0.2, 0.25) is 0 Å². The Balaban J connectivity index is 1.77. The Bertz CT molecular complexity index is 1280. The van der Waals surface area contributed by atoms with Crippen molar-refractivity contribution < 1.29 is 9.72 Å². The van der Waals surface area contributed by atoms with Crippen molar-refractivity contribution in [3.05, 3.63) is 69.8 Å². The molecule has 0 bridgehead atoms. The Morgan fingerprint density at radius 1 is 1.20 bits per heavy atom. The standard InChI is InChI=1S/C22H21N5O3/c1-13(2)12-26-21-18(11-16-6-4-5-14(3)19(16)23-21)20(25-26)24-22(28)15-7-9-17(10-8-15)27(29)30/h4-11,13H,12H2,1-3H3,(H,24,25,28). The zero-order chi connectivity index (χ0) is 21.4. The van der Waals surface area contributed by atoms with Gasteiger partial charge in [-0.3, -0.25) is 14.9 Å². The van der Waals surface area contributed by atoms with E-state index in [4.69, 9.17) is 4.98 Å². The number of non-ortho nitro benzene ring substituents is 1. The van der Waals surface area contributed by atoms with Crippen molar-refractivity contribution >= 4 is 39.3 Å². The average molecular weight is 403 g/mol. The van der Waals surface area contributed by atoms with Crippen LogP contribution in [0.4, 0.5) is 11.5 Å². The molecule has 1 amide bonds. The minimum atomic E-state index is -0.498. The normalized spacial score (nSPS) is 11.3. The van der Waals surface area contributed by atoms with Gasteiger partial charge in [-0.2, -0.15) is 5.10 Å². The van der Waals surface area contributed by atoms with E-state index in [-0.39, 0.29) is 11.6 Å². The summed E-state index contributed by atoms with van der Waals surface area (Å²) in [4.78, 5) is 27.9. The molecule has 2 heterocycles. The van der Waals surface area contributed by atoms with Crippen molar-refractivity contribution in [2.75, 3.05) is 5.32 Å². The molecule has 2 aromatic carbocycles. The van der Waals surface area contributed by atoms with Crippen LogP contribution in [0, 0.1) is 23.0 Å². The summed E-state index contributed by atoms with van der Waals surface area (Å²) in [7, 11) is 0. The lowest BCUT2D eigenvalue weighted by molar-refractivity contribution is -0.384. The fraction of sp³-hybridized carbons (Fsp3) is 0.227. The van der Waals surface area contributed by atoms with E-state index in [1.54, 1.807) is 0 Å². The number of benzene rings is 2. The number of aryl methyl sites for hydroxylation is 1. The van der Waals surface area contributed by atoms with Crippen molar-refractivity contribution in [1.29, 1.82) is 0 Å². The van der Waals surface area contributed by atoms with Gasteiger partial charge in [-0.05, 0) is 36.6 Å². The Hall–Kier alpha value is -3.81. The second kappa shape index (κ2) is 7.55. The van der Waals surface area contributed by atoms with Gasteiger partial charge in [-0.25, -0.2) is 9.67 Å².